The summed E-state index contributed by atoms with van der Waals surface area (Å²) in [6.07, 6.45) is 3.63. The molecule has 1 fully saturated rings. The molecule has 20 heavy (non-hydrogen) atoms. The van der Waals surface area contributed by atoms with Gasteiger partial charge in [0, 0.05) is 0 Å². The van der Waals surface area contributed by atoms with Gasteiger partial charge in [-0.25, -0.2) is 4.79 Å². The first kappa shape index (κ1) is 16.2. The molecule has 5 heteroatoms. The zero-order valence-electron chi connectivity index (χ0n) is 12.1. The third kappa shape index (κ3) is 4.37. The van der Waals surface area contributed by atoms with E-state index in [0.29, 0.717) is 13.0 Å². The summed E-state index contributed by atoms with van der Waals surface area (Å²) in [7, 11) is 0. The summed E-state index contributed by atoms with van der Waals surface area (Å²) < 4.78 is 9.87. The van der Waals surface area contributed by atoms with Crippen LogP contribution in [0.1, 0.15) is 46.0 Å². The molecule has 0 aliphatic heterocycles. The average molecular weight is 279 g/mol. The van der Waals surface area contributed by atoms with Gasteiger partial charge in [-0.3, -0.25) is 4.79 Å². The second kappa shape index (κ2) is 8.36. The van der Waals surface area contributed by atoms with Gasteiger partial charge in [0.05, 0.1) is 19.6 Å². The molecule has 1 aliphatic carbocycles. The number of nitrogens with zero attached hydrogens (tertiary/aromatic N) is 1. The number of hydrogen-bond acceptors (Lipinski definition) is 5. The molecule has 0 aromatic rings. The molecule has 0 bridgehead atoms. The molecule has 1 atom stereocenters. The standard InChI is InChI=1S/C15H21NO4/c1-3-19-14(17)9-11-7-5-6-8-12(11)13(10-16)15(18)20-4-2/h11H,3-9H2,1-2H3/b13-12+. The Labute approximate surface area is 119 Å². The third-order valence-corrected chi connectivity index (χ3v) is 3.37. The van der Waals surface area contributed by atoms with Crippen molar-refractivity contribution in [2.24, 2.45) is 5.92 Å². The molecular formula is C15H21NO4. The largest absolute Gasteiger partial charge is 0.466 e. The van der Waals surface area contributed by atoms with Crippen molar-refractivity contribution >= 4 is 11.9 Å². The van der Waals surface area contributed by atoms with Crippen LogP contribution in [0.25, 0.3) is 0 Å². The maximum atomic E-state index is 11.8. The molecule has 0 spiro atoms. The minimum absolute atomic E-state index is 0.0702. The number of rotatable bonds is 5. The molecule has 5 nitrogen and oxygen atoms in total. The molecule has 0 radical (unpaired) electrons. The summed E-state index contributed by atoms with van der Waals surface area (Å²) in [5.41, 5.74) is 0.825. The molecule has 0 N–H and O–H groups in total. The Morgan fingerprint density at radius 1 is 1.25 bits per heavy atom. The minimum atomic E-state index is -0.583. The van der Waals surface area contributed by atoms with Crippen LogP contribution in [0.3, 0.4) is 0 Å². The second-order valence-electron chi connectivity index (χ2n) is 4.68. The number of esters is 2. The smallest absolute Gasteiger partial charge is 0.348 e. The molecule has 0 saturated heterocycles. The van der Waals surface area contributed by atoms with E-state index in [1.54, 1.807) is 13.8 Å². The summed E-state index contributed by atoms with van der Waals surface area (Å²) in [4.78, 5) is 23.4. The Bertz CT molecular complexity index is 434. The number of carbonyl (C=O) groups excluding carboxylic acids is 2. The molecule has 1 unspecified atom stereocenters. The third-order valence-electron chi connectivity index (χ3n) is 3.37. The summed E-state index contributed by atoms with van der Waals surface area (Å²) in [5, 5.41) is 9.21. The normalized spacial score (nSPS) is 20.8. The number of hydrogen-bond donors (Lipinski definition) is 0. The lowest BCUT2D eigenvalue weighted by molar-refractivity contribution is -0.144. The molecule has 1 rings (SSSR count). The van der Waals surface area contributed by atoms with Crippen LogP contribution in [0.2, 0.25) is 0 Å². The Morgan fingerprint density at radius 3 is 2.55 bits per heavy atom. The molecule has 1 saturated carbocycles. The Kier molecular flexibility index (Phi) is 6.78. The lowest BCUT2D eigenvalue weighted by Gasteiger charge is -2.25. The first-order valence-electron chi connectivity index (χ1n) is 7.09. The maximum Gasteiger partial charge on any atom is 0.348 e. The van der Waals surface area contributed by atoms with Gasteiger partial charge in [-0.05, 0) is 44.6 Å². The van der Waals surface area contributed by atoms with E-state index in [1.807, 2.05) is 6.07 Å². The molecular weight excluding hydrogens is 258 g/mol. The zero-order valence-corrected chi connectivity index (χ0v) is 12.1. The number of carbonyl (C=O) groups is 2. The van der Waals surface area contributed by atoms with Gasteiger partial charge in [-0.1, -0.05) is 6.42 Å². The first-order valence-corrected chi connectivity index (χ1v) is 7.09. The monoisotopic (exact) mass is 279 g/mol. The predicted octanol–water partition coefficient (Wildman–Crippen LogP) is 2.51. The first-order chi connectivity index (χ1) is 9.63. The Hall–Kier alpha value is -1.83. The highest BCUT2D eigenvalue weighted by Gasteiger charge is 2.28. The van der Waals surface area contributed by atoms with Crippen molar-refractivity contribution in [3.8, 4) is 6.07 Å². The Balaban J connectivity index is 2.93. The van der Waals surface area contributed by atoms with Crippen molar-refractivity contribution in [1.82, 2.24) is 0 Å². The van der Waals surface area contributed by atoms with E-state index in [9.17, 15) is 14.9 Å². The molecule has 0 aromatic heterocycles. The highest BCUT2D eigenvalue weighted by molar-refractivity contribution is 5.94. The lowest BCUT2D eigenvalue weighted by atomic mass is 9.80. The van der Waals surface area contributed by atoms with Crippen LogP contribution in [0.15, 0.2) is 11.1 Å². The van der Waals surface area contributed by atoms with E-state index in [2.05, 4.69) is 0 Å². The summed E-state index contributed by atoms with van der Waals surface area (Å²) in [5.74, 6) is -0.944. The van der Waals surface area contributed by atoms with Crippen LogP contribution in [0.5, 0.6) is 0 Å². The van der Waals surface area contributed by atoms with Crippen LogP contribution >= 0.6 is 0 Å². The van der Waals surface area contributed by atoms with Crippen LogP contribution in [-0.2, 0) is 19.1 Å². The van der Waals surface area contributed by atoms with Gasteiger partial charge in [0.1, 0.15) is 11.6 Å². The highest BCUT2D eigenvalue weighted by atomic mass is 16.5. The number of ether oxygens (including phenoxy) is 2. The molecule has 1 aliphatic rings. The van der Waals surface area contributed by atoms with E-state index in [4.69, 9.17) is 9.47 Å². The Morgan fingerprint density at radius 2 is 1.95 bits per heavy atom. The van der Waals surface area contributed by atoms with E-state index in [0.717, 1.165) is 24.8 Å². The van der Waals surface area contributed by atoms with E-state index in [-0.39, 0.29) is 30.5 Å². The van der Waals surface area contributed by atoms with Crippen molar-refractivity contribution in [2.75, 3.05) is 13.2 Å². The topological polar surface area (TPSA) is 76.4 Å². The van der Waals surface area contributed by atoms with Crippen molar-refractivity contribution in [3.05, 3.63) is 11.1 Å². The van der Waals surface area contributed by atoms with Crippen LogP contribution in [-0.4, -0.2) is 25.2 Å². The van der Waals surface area contributed by atoms with Crippen molar-refractivity contribution in [1.29, 1.82) is 5.26 Å². The van der Waals surface area contributed by atoms with Gasteiger partial charge in [-0.15, -0.1) is 0 Å². The van der Waals surface area contributed by atoms with Crippen molar-refractivity contribution in [2.45, 2.75) is 46.0 Å². The molecule has 110 valence electrons. The van der Waals surface area contributed by atoms with Crippen LogP contribution < -0.4 is 0 Å². The molecule has 0 aromatic carbocycles. The zero-order chi connectivity index (χ0) is 15.0. The van der Waals surface area contributed by atoms with Gasteiger partial charge < -0.3 is 9.47 Å². The van der Waals surface area contributed by atoms with Crippen molar-refractivity contribution in [3.63, 3.8) is 0 Å². The lowest BCUT2D eigenvalue weighted by Crippen LogP contribution is -2.20. The maximum absolute atomic E-state index is 11.8. The van der Waals surface area contributed by atoms with Gasteiger partial charge in [0.25, 0.3) is 0 Å². The summed E-state index contributed by atoms with van der Waals surface area (Å²) in [6, 6.07) is 1.94. The minimum Gasteiger partial charge on any atom is -0.466 e. The fourth-order valence-corrected chi connectivity index (χ4v) is 2.51. The predicted molar refractivity (Wildman–Crippen MR) is 72.5 cm³/mol. The summed E-state index contributed by atoms with van der Waals surface area (Å²) >= 11 is 0. The van der Waals surface area contributed by atoms with E-state index < -0.39 is 5.97 Å². The molecule has 0 heterocycles. The number of allylic oxidation sites excluding steroid dienone is 1. The van der Waals surface area contributed by atoms with Gasteiger partial charge >= 0.3 is 11.9 Å². The van der Waals surface area contributed by atoms with Gasteiger partial charge in [0.15, 0.2) is 0 Å². The average Bonchev–Trinajstić information content (AvgIpc) is 2.42. The van der Waals surface area contributed by atoms with E-state index in [1.165, 1.54) is 0 Å². The number of nitriles is 1. The fourth-order valence-electron chi connectivity index (χ4n) is 2.51. The molecule has 0 amide bonds. The van der Waals surface area contributed by atoms with Crippen LogP contribution in [0.4, 0.5) is 0 Å². The fraction of sp³-hybridized carbons (Fsp3) is 0.667. The highest BCUT2D eigenvalue weighted by Crippen LogP contribution is 2.34. The summed E-state index contributed by atoms with van der Waals surface area (Å²) in [6.45, 7) is 4.04. The van der Waals surface area contributed by atoms with Crippen molar-refractivity contribution < 1.29 is 19.1 Å². The van der Waals surface area contributed by atoms with Crippen LogP contribution in [0, 0.1) is 17.2 Å². The van der Waals surface area contributed by atoms with Gasteiger partial charge in [0.2, 0.25) is 0 Å². The van der Waals surface area contributed by atoms with Gasteiger partial charge in [-0.2, -0.15) is 5.26 Å². The van der Waals surface area contributed by atoms with E-state index >= 15 is 0 Å². The second-order valence-corrected chi connectivity index (χ2v) is 4.68. The SMILES string of the molecule is CCOC(=O)CC1CCCC/C1=C(/C#N)C(=O)OCC. The quantitative estimate of drug-likeness (QED) is 0.439.